The van der Waals surface area contributed by atoms with E-state index < -0.39 is 6.04 Å². The predicted octanol–water partition coefficient (Wildman–Crippen LogP) is 0.704. The zero-order valence-corrected chi connectivity index (χ0v) is 12.5. The molecule has 0 N–H and O–H groups in total. The Morgan fingerprint density at radius 1 is 1.41 bits per heavy atom. The molecule has 7 heteroatoms. The summed E-state index contributed by atoms with van der Waals surface area (Å²) in [6, 6.07) is 9.48. The summed E-state index contributed by atoms with van der Waals surface area (Å²) in [7, 11) is 0. The van der Waals surface area contributed by atoms with Gasteiger partial charge in [0.1, 0.15) is 12.4 Å². The number of carbonyl (C=O) groups excluding carboxylic acids is 1. The van der Waals surface area contributed by atoms with Crippen LogP contribution in [-0.4, -0.2) is 56.8 Å². The molecule has 0 saturated carbocycles. The number of nitrogens with zero attached hydrogens (tertiary/aromatic N) is 5. The quantitative estimate of drug-likeness (QED) is 0.831. The van der Waals surface area contributed by atoms with E-state index in [2.05, 4.69) is 15.5 Å². The minimum absolute atomic E-state index is 0.0336. The van der Waals surface area contributed by atoms with Crippen LogP contribution in [0, 0.1) is 0 Å². The van der Waals surface area contributed by atoms with Gasteiger partial charge in [0.05, 0.1) is 12.7 Å². The van der Waals surface area contributed by atoms with Crippen LogP contribution in [0.4, 0.5) is 0 Å². The van der Waals surface area contributed by atoms with E-state index in [-0.39, 0.29) is 12.0 Å². The maximum absolute atomic E-state index is 12.9. The number of hydrogen-bond acceptors (Lipinski definition) is 5. The summed E-state index contributed by atoms with van der Waals surface area (Å²) in [5.74, 6) is 0.0336. The Labute approximate surface area is 128 Å². The molecule has 3 rings (SSSR count). The van der Waals surface area contributed by atoms with E-state index in [1.165, 1.54) is 11.0 Å². The van der Waals surface area contributed by atoms with Gasteiger partial charge in [-0.2, -0.15) is 0 Å². The van der Waals surface area contributed by atoms with Gasteiger partial charge in [0, 0.05) is 19.5 Å². The second-order valence-electron chi connectivity index (χ2n) is 5.46. The summed E-state index contributed by atoms with van der Waals surface area (Å²) in [5, 5.41) is 11.3. The SMILES string of the molecule is CC1CN(C(=O)C(Cc2ccccc2)n2cnnn2)CCO1. The van der Waals surface area contributed by atoms with Crippen molar-refractivity contribution in [3.63, 3.8) is 0 Å². The van der Waals surface area contributed by atoms with E-state index in [0.29, 0.717) is 26.1 Å². The Balaban J connectivity index is 1.80. The van der Waals surface area contributed by atoms with E-state index in [1.54, 1.807) is 0 Å². The molecule has 1 aliphatic heterocycles. The molecule has 1 aromatic heterocycles. The number of ether oxygens (including phenoxy) is 1. The van der Waals surface area contributed by atoms with Gasteiger partial charge in [-0.3, -0.25) is 4.79 Å². The first-order valence-electron chi connectivity index (χ1n) is 7.41. The standard InChI is InChI=1S/C15H19N5O2/c1-12-10-19(7-8-22-12)15(21)14(20-11-16-17-18-20)9-13-5-3-2-4-6-13/h2-6,11-12,14H,7-10H2,1H3. The van der Waals surface area contributed by atoms with Crippen LogP contribution in [0.5, 0.6) is 0 Å². The molecule has 1 aromatic carbocycles. The minimum Gasteiger partial charge on any atom is -0.375 e. The molecule has 22 heavy (non-hydrogen) atoms. The summed E-state index contributed by atoms with van der Waals surface area (Å²) in [5.41, 5.74) is 1.08. The summed E-state index contributed by atoms with van der Waals surface area (Å²) in [6.07, 6.45) is 2.12. The van der Waals surface area contributed by atoms with Gasteiger partial charge in [0.15, 0.2) is 0 Å². The first kappa shape index (κ1) is 14.6. The Hall–Kier alpha value is -2.28. The number of carbonyl (C=O) groups is 1. The van der Waals surface area contributed by atoms with Crippen molar-refractivity contribution in [2.75, 3.05) is 19.7 Å². The van der Waals surface area contributed by atoms with Crippen LogP contribution < -0.4 is 0 Å². The number of aromatic nitrogens is 4. The van der Waals surface area contributed by atoms with Crippen LogP contribution in [0.3, 0.4) is 0 Å². The summed E-state index contributed by atoms with van der Waals surface area (Å²) < 4.78 is 7.04. The average Bonchev–Trinajstić information content (AvgIpc) is 3.07. The lowest BCUT2D eigenvalue weighted by atomic mass is 10.0. The van der Waals surface area contributed by atoms with Gasteiger partial charge in [-0.25, -0.2) is 4.68 Å². The van der Waals surface area contributed by atoms with Crippen molar-refractivity contribution in [2.45, 2.75) is 25.5 Å². The van der Waals surface area contributed by atoms with Gasteiger partial charge in [-0.1, -0.05) is 30.3 Å². The van der Waals surface area contributed by atoms with Crippen molar-refractivity contribution in [1.82, 2.24) is 25.1 Å². The predicted molar refractivity (Wildman–Crippen MR) is 79.0 cm³/mol. The third-order valence-electron chi connectivity index (χ3n) is 3.79. The minimum atomic E-state index is -0.428. The van der Waals surface area contributed by atoms with Crippen LogP contribution in [0.25, 0.3) is 0 Å². The maximum atomic E-state index is 12.9. The first-order valence-corrected chi connectivity index (χ1v) is 7.41. The van der Waals surface area contributed by atoms with Gasteiger partial charge in [0.25, 0.3) is 0 Å². The molecular formula is C15H19N5O2. The van der Waals surface area contributed by atoms with Crippen molar-refractivity contribution >= 4 is 5.91 Å². The highest BCUT2D eigenvalue weighted by molar-refractivity contribution is 5.80. The molecule has 2 heterocycles. The molecule has 2 atom stereocenters. The Bertz CT molecular complexity index is 602. The third-order valence-corrected chi connectivity index (χ3v) is 3.79. The highest BCUT2D eigenvalue weighted by Gasteiger charge is 2.30. The van der Waals surface area contributed by atoms with E-state index in [4.69, 9.17) is 4.74 Å². The van der Waals surface area contributed by atoms with Crippen molar-refractivity contribution in [1.29, 1.82) is 0 Å². The molecule has 1 aliphatic rings. The number of benzene rings is 1. The second-order valence-corrected chi connectivity index (χ2v) is 5.46. The van der Waals surface area contributed by atoms with Gasteiger partial charge in [-0.05, 0) is 22.9 Å². The molecule has 116 valence electrons. The van der Waals surface area contributed by atoms with Crippen molar-refractivity contribution in [2.24, 2.45) is 0 Å². The zero-order chi connectivity index (χ0) is 15.4. The lowest BCUT2D eigenvalue weighted by Crippen LogP contribution is -2.47. The van der Waals surface area contributed by atoms with E-state index >= 15 is 0 Å². The highest BCUT2D eigenvalue weighted by atomic mass is 16.5. The van der Waals surface area contributed by atoms with E-state index in [0.717, 1.165) is 5.56 Å². The maximum Gasteiger partial charge on any atom is 0.248 e. The van der Waals surface area contributed by atoms with Crippen LogP contribution >= 0.6 is 0 Å². The van der Waals surface area contributed by atoms with Gasteiger partial charge in [-0.15, -0.1) is 5.10 Å². The molecule has 1 saturated heterocycles. The molecule has 0 aliphatic carbocycles. The Morgan fingerprint density at radius 3 is 2.91 bits per heavy atom. The average molecular weight is 301 g/mol. The third kappa shape index (κ3) is 3.30. The molecule has 2 aromatic rings. The molecule has 1 amide bonds. The van der Waals surface area contributed by atoms with Crippen LogP contribution in [0.2, 0.25) is 0 Å². The highest BCUT2D eigenvalue weighted by Crippen LogP contribution is 2.18. The van der Waals surface area contributed by atoms with Crippen LogP contribution in [0.15, 0.2) is 36.7 Å². The number of tetrazole rings is 1. The fourth-order valence-electron chi connectivity index (χ4n) is 2.67. The number of amides is 1. The molecule has 0 radical (unpaired) electrons. The number of hydrogen-bond donors (Lipinski definition) is 0. The summed E-state index contributed by atoms with van der Waals surface area (Å²) >= 11 is 0. The van der Waals surface area contributed by atoms with Crippen LogP contribution in [0.1, 0.15) is 18.5 Å². The van der Waals surface area contributed by atoms with Crippen molar-refractivity contribution in [3.8, 4) is 0 Å². The molecule has 0 spiro atoms. The van der Waals surface area contributed by atoms with Gasteiger partial charge >= 0.3 is 0 Å². The largest absolute Gasteiger partial charge is 0.375 e. The van der Waals surface area contributed by atoms with E-state index in [9.17, 15) is 4.79 Å². The van der Waals surface area contributed by atoms with E-state index in [1.807, 2.05) is 42.2 Å². The topological polar surface area (TPSA) is 73.1 Å². The van der Waals surface area contributed by atoms with Gasteiger partial charge in [0.2, 0.25) is 5.91 Å². The lowest BCUT2D eigenvalue weighted by Gasteiger charge is -2.33. The first-order chi connectivity index (χ1) is 10.7. The molecular weight excluding hydrogens is 282 g/mol. The molecule has 7 nitrogen and oxygen atoms in total. The smallest absolute Gasteiger partial charge is 0.248 e. The molecule has 2 unspecified atom stereocenters. The fraction of sp³-hybridized carbons (Fsp3) is 0.467. The second kappa shape index (κ2) is 6.65. The van der Waals surface area contributed by atoms with Crippen molar-refractivity contribution < 1.29 is 9.53 Å². The molecule has 1 fully saturated rings. The Kier molecular flexibility index (Phi) is 4.43. The van der Waals surface area contributed by atoms with Crippen molar-refractivity contribution in [3.05, 3.63) is 42.2 Å². The number of rotatable bonds is 4. The van der Waals surface area contributed by atoms with Crippen LogP contribution in [-0.2, 0) is 16.0 Å². The fourth-order valence-corrected chi connectivity index (χ4v) is 2.67. The Morgan fingerprint density at radius 2 is 2.23 bits per heavy atom. The monoisotopic (exact) mass is 301 g/mol. The normalized spacial score (nSPS) is 19.9. The molecule has 0 bridgehead atoms. The number of morpholine rings is 1. The summed E-state index contributed by atoms with van der Waals surface area (Å²) in [4.78, 5) is 14.7. The zero-order valence-electron chi connectivity index (χ0n) is 12.5. The summed E-state index contributed by atoms with van der Waals surface area (Å²) in [6.45, 7) is 3.76. The lowest BCUT2D eigenvalue weighted by molar-refractivity contribution is -0.142. The van der Waals surface area contributed by atoms with Gasteiger partial charge < -0.3 is 9.64 Å².